The van der Waals surface area contributed by atoms with Crippen LogP contribution in [0.1, 0.15) is 13.8 Å². The minimum Gasteiger partial charge on any atom is -0.489 e. The average molecular weight is 274 g/mol. The Morgan fingerprint density at radius 2 is 1.89 bits per heavy atom. The Labute approximate surface area is 113 Å². The first-order valence-corrected chi connectivity index (χ1v) is 6.20. The topological polar surface area (TPSA) is 39.7 Å². The molecule has 0 radical (unpaired) electrons. The lowest BCUT2D eigenvalue weighted by Gasteiger charge is -2.16. The van der Waals surface area contributed by atoms with Crippen LogP contribution in [-0.4, -0.2) is 33.2 Å². The van der Waals surface area contributed by atoms with Crippen molar-refractivity contribution in [3.05, 3.63) is 23.2 Å². The highest BCUT2D eigenvalue weighted by molar-refractivity contribution is 6.32. The molecule has 0 aliphatic carbocycles. The van der Waals surface area contributed by atoms with Crippen molar-refractivity contribution in [2.45, 2.75) is 26.2 Å². The zero-order valence-electron chi connectivity index (χ0n) is 11.2. The number of methoxy groups -OCH3 is 2. The van der Waals surface area contributed by atoms with Gasteiger partial charge in [-0.25, -0.2) is 0 Å². The van der Waals surface area contributed by atoms with E-state index in [1.807, 2.05) is 32.0 Å². The van der Waals surface area contributed by atoms with Crippen molar-refractivity contribution < 1.29 is 14.2 Å². The number of ether oxygens (including phenoxy) is 3. The van der Waals surface area contributed by atoms with E-state index >= 15 is 0 Å². The highest BCUT2D eigenvalue weighted by atomic mass is 35.5. The number of anilines is 1. The Morgan fingerprint density at radius 1 is 1.22 bits per heavy atom. The van der Waals surface area contributed by atoms with Gasteiger partial charge in [0.1, 0.15) is 5.75 Å². The van der Waals surface area contributed by atoms with Crippen LogP contribution in [0.3, 0.4) is 0 Å². The summed E-state index contributed by atoms with van der Waals surface area (Å²) in [6.45, 7) is 4.47. The van der Waals surface area contributed by atoms with Gasteiger partial charge in [0.15, 0.2) is 6.29 Å². The molecule has 1 aromatic rings. The van der Waals surface area contributed by atoms with Crippen LogP contribution in [0, 0.1) is 0 Å². The van der Waals surface area contributed by atoms with Gasteiger partial charge in [-0.2, -0.15) is 0 Å². The van der Waals surface area contributed by atoms with Gasteiger partial charge in [-0.3, -0.25) is 0 Å². The molecule has 0 fully saturated rings. The minimum atomic E-state index is -0.282. The van der Waals surface area contributed by atoms with E-state index in [1.165, 1.54) is 0 Å². The molecular weight excluding hydrogens is 254 g/mol. The second-order valence-corrected chi connectivity index (χ2v) is 4.50. The Balaban J connectivity index is 2.61. The zero-order valence-corrected chi connectivity index (χ0v) is 12.0. The average Bonchev–Trinajstić information content (AvgIpc) is 2.33. The van der Waals surface area contributed by atoms with Crippen LogP contribution in [0.25, 0.3) is 0 Å². The molecule has 102 valence electrons. The molecule has 1 N–H and O–H groups in total. The monoisotopic (exact) mass is 273 g/mol. The third-order valence-electron chi connectivity index (χ3n) is 2.29. The first-order valence-electron chi connectivity index (χ1n) is 5.82. The highest BCUT2D eigenvalue weighted by Crippen LogP contribution is 2.28. The maximum absolute atomic E-state index is 6.13. The highest BCUT2D eigenvalue weighted by Gasteiger charge is 2.07. The number of benzene rings is 1. The fourth-order valence-corrected chi connectivity index (χ4v) is 1.65. The summed E-state index contributed by atoms with van der Waals surface area (Å²) in [6.07, 6.45) is -0.178. The van der Waals surface area contributed by atoms with Crippen molar-refractivity contribution in [3.8, 4) is 5.75 Å². The molecule has 0 atom stereocenters. The third kappa shape index (κ3) is 4.72. The number of halogens is 1. The summed E-state index contributed by atoms with van der Waals surface area (Å²) >= 11 is 6.13. The quantitative estimate of drug-likeness (QED) is 0.775. The van der Waals surface area contributed by atoms with E-state index in [1.54, 1.807) is 14.2 Å². The van der Waals surface area contributed by atoms with E-state index < -0.39 is 0 Å². The van der Waals surface area contributed by atoms with Gasteiger partial charge < -0.3 is 19.5 Å². The van der Waals surface area contributed by atoms with E-state index in [4.69, 9.17) is 25.8 Å². The Kier molecular flexibility index (Phi) is 6.25. The lowest BCUT2D eigenvalue weighted by Crippen LogP contribution is -2.23. The standard InChI is InChI=1S/C13H20ClNO3/c1-9(2)18-12-6-5-10(7-11(12)14)15-8-13(16-3)17-4/h5-7,9,13,15H,8H2,1-4H3. The predicted octanol–water partition coefficient (Wildman–Crippen LogP) is 3.16. The van der Waals surface area contributed by atoms with Crippen molar-refractivity contribution in [2.75, 3.05) is 26.1 Å². The molecule has 0 saturated heterocycles. The van der Waals surface area contributed by atoms with Gasteiger partial charge in [-0.1, -0.05) is 11.6 Å². The molecule has 1 rings (SSSR count). The van der Waals surface area contributed by atoms with Crippen LogP contribution in [0.2, 0.25) is 5.02 Å². The van der Waals surface area contributed by atoms with Crippen LogP contribution >= 0.6 is 11.6 Å². The third-order valence-corrected chi connectivity index (χ3v) is 2.59. The van der Waals surface area contributed by atoms with Crippen LogP contribution < -0.4 is 10.1 Å². The number of rotatable bonds is 7. The van der Waals surface area contributed by atoms with E-state index in [0.717, 1.165) is 5.69 Å². The molecule has 0 spiro atoms. The van der Waals surface area contributed by atoms with E-state index in [9.17, 15) is 0 Å². The number of nitrogens with one attached hydrogen (secondary N) is 1. The first kappa shape index (κ1) is 15.1. The van der Waals surface area contributed by atoms with Crippen molar-refractivity contribution >= 4 is 17.3 Å². The van der Waals surface area contributed by atoms with E-state index in [2.05, 4.69) is 5.32 Å². The summed E-state index contributed by atoms with van der Waals surface area (Å²) in [5, 5.41) is 3.76. The van der Waals surface area contributed by atoms with Crippen LogP contribution in [0.5, 0.6) is 5.75 Å². The largest absolute Gasteiger partial charge is 0.489 e. The number of hydrogen-bond donors (Lipinski definition) is 1. The van der Waals surface area contributed by atoms with Gasteiger partial charge in [0.05, 0.1) is 17.7 Å². The van der Waals surface area contributed by atoms with Crippen molar-refractivity contribution in [2.24, 2.45) is 0 Å². The zero-order chi connectivity index (χ0) is 13.5. The molecule has 1 aromatic carbocycles. The summed E-state index contributed by atoms with van der Waals surface area (Å²) in [5.41, 5.74) is 0.898. The fraction of sp³-hybridized carbons (Fsp3) is 0.538. The van der Waals surface area contributed by atoms with Crippen LogP contribution in [0.15, 0.2) is 18.2 Å². The van der Waals surface area contributed by atoms with Gasteiger partial charge in [-0.05, 0) is 32.0 Å². The molecule has 0 amide bonds. The second kappa shape index (κ2) is 7.46. The molecule has 0 aliphatic rings. The lowest BCUT2D eigenvalue weighted by molar-refractivity contribution is -0.0914. The summed E-state index contributed by atoms with van der Waals surface area (Å²) in [6, 6.07) is 5.58. The number of hydrogen-bond acceptors (Lipinski definition) is 4. The van der Waals surface area contributed by atoms with Crippen LogP contribution in [-0.2, 0) is 9.47 Å². The van der Waals surface area contributed by atoms with Crippen molar-refractivity contribution in [3.63, 3.8) is 0 Å². The molecule has 0 saturated carbocycles. The second-order valence-electron chi connectivity index (χ2n) is 4.09. The summed E-state index contributed by atoms with van der Waals surface area (Å²) in [7, 11) is 3.20. The molecular formula is C13H20ClNO3. The Hall–Kier alpha value is -0.970. The molecule has 0 bridgehead atoms. The maximum Gasteiger partial charge on any atom is 0.173 e. The lowest BCUT2D eigenvalue weighted by atomic mass is 10.3. The van der Waals surface area contributed by atoms with Crippen LogP contribution in [0.4, 0.5) is 5.69 Å². The maximum atomic E-state index is 6.13. The summed E-state index contributed by atoms with van der Waals surface area (Å²) < 4.78 is 15.7. The first-order chi connectivity index (χ1) is 8.56. The van der Waals surface area contributed by atoms with Gasteiger partial charge in [0.25, 0.3) is 0 Å². The smallest absolute Gasteiger partial charge is 0.173 e. The van der Waals surface area contributed by atoms with Gasteiger partial charge in [0.2, 0.25) is 0 Å². The predicted molar refractivity (Wildman–Crippen MR) is 73.5 cm³/mol. The molecule has 0 aliphatic heterocycles. The van der Waals surface area contributed by atoms with Gasteiger partial charge in [0, 0.05) is 19.9 Å². The molecule has 18 heavy (non-hydrogen) atoms. The fourth-order valence-electron chi connectivity index (χ4n) is 1.42. The van der Waals surface area contributed by atoms with Crippen molar-refractivity contribution in [1.29, 1.82) is 0 Å². The minimum absolute atomic E-state index is 0.104. The summed E-state index contributed by atoms with van der Waals surface area (Å²) in [5.74, 6) is 0.687. The van der Waals surface area contributed by atoms with E-state index in [-0.39, 0.29) is 12.4 Å². The van der Waals surface area contributed by atoms with Gasteiger partial charge >= 0.3 is 0 Å². The SMILES string of the molecule is COC(CNc1ccc(OC(C)C)c(Cl)c1)OC. The molecule has 5 heteroatoms. The van der Waals surface area contributed by atoms with Gasteiger partial charge in [-0.15, -0.1) is 0 Å². The Bertz CT molecular complexity index is 367. The summed E-state index contributed by atoms with van der Waals surface area (Å²) in [4.78, 5) is 0. The molecule has 0 aromatic heterocycles. The molecule has 0 heterocycles. The Morgan fingerprint density at radius 3 is 2.39 bits per heavy atom. The molecule has 4 nitrogen and oxygen atoms in total. The van der Waals surface area contributed by atoms with Crippen molar-refractivity contribution in [1.82, 2.24) is 0 Å². The van der Waals surface area contributed by atoms with E-state index in [0.29, 0.717) is 17.3 Å². The normalized spacial score (nSPS) is 11.1. The molecule has 0 unspecified atom stereocenters.